The fourth-order valence-corrected chi connectivity index (χ4v) is 9.43. The molecule has 0 spiro atoms. The van der Waals surface area contributed by atoms with Crippen molar-refractivity contribution in [1.82, 2.24) is 34.2 Å². The van der Waals surface area contributed by atoms with Crippen molar-refractivity contribution < 1.29 is 14.7 Å². The van der Waals surface area contributed by atoms with Gasteiger partial charge in [-0.1, -0.05) is 85.3 Å². The van der Waals surface area contributed by atoms with Crippen LogP contribution in [-0.2, 0) is 11.8 Å². The molecule has 5 N–H and O–H groups in total. The Balaban J connectivity index is 0.811. The van der Waals surface area contributed by atoms with Crippen molar-refractivity contribution in [3.63, 3.8) is 0 Å². The molecule has 4 aromatic carbocycles. The van der Waals surface area contributed by atoms with Crippen LogP contribution in [0.5, 0.6) is 0 Å². The molecule has 0 saturated carbocycles. The van der Waals surface area contributed by atoms with Gasteiger partial charge in [-0.05, 0) is 84.8 Å². The number of amides is 2. The maximum atomic E-state index is 13.5. The molecule has 1 saturated heterocycles. The molecule has 2 amide bonds. The van der Waals surface area contributed by atoms with E-state index in [0.717, 1.165) is 65.6 Å². The summed E-state index contributed by atoms with van der Waals surface area (Å²) in [6.07, 6.45) is 7.73. The predicted octanol–water partition coefficient (Wildman–Crippen LogP) is 9.54. The number of nitrogens with one attached hydrogen (secondary N) is 4. The van der Waals surface area contributed by atoms with Crippen LogP contribution in [0.2, 0.25) is 5.02 Å². The maximum absolute atomic E-state index is 13.5. The summed E-state index contributed by atoms with van der Waals surface area (Å²) in [6, 6.07) is 31.0. The smallest absolute Gasteiger partial charge is 0.267 e. The van der Waals surface area contributed by atoms with Gasteiger partial charge in [0, 0.05) is 79.9 Å². The lowest BCUT2D eigenvalue weighted by molar-refractivity contribution is 0.102. The zero-order valence-electron chi connectivity index (χ0n) is 38.1. The number of aryl methyl sites for hydroxylation is 2. The lowest BCUT2D eigenvalue weighted by Gasteiger charge is -2.35. The number of nitrogens with zero attached hydrogens (tertiary/aromatic N) is 8. The minimum atomic E-state index is -0.319. The number of imidazole rings is 1. The van der Waals surface area contributed by atoms with Gasteiger partial charge in [0.05, 0.1) is 29.2 Å². The van der Waals surface area contributed by atoms with Crippen LogP contribution in [0.1, 0.15) is 56.4 Å². The number of carbonyl (C=O) groups excluding carboxylic acids is 2. The first-order valence-corrected chi connectivity index (χ1v) is 23.5. The third kappa shape index (κ3) is 10.6. The van der Waals surface area contributed by atoms with Crippen LogP contribution in [0.4, 0.5) is 39.6 Å². The molecular formula is C51H51ClN12O3S. The van der Waals surface area contributed by atoms with Crippen LogP contribution >= 0.6 is 22.9 Å². The summed E-state index contributed by atoms with van der Waals surface area (Å²) in [6.45, 7) is 12.2. The maximum Gasteiger partial charge on any atom is 0.267 e. The Hall–Kier alpha value is -7.24. The zero-order valence-corrected chi connectivity index (χ0v) is 39.7. The van der Waals surface area contributed by atoms with Gasteiger partial charge in [-0.15, -0.1) is 0 Å². The Morgan fingerprint density at radius 3 is 2.37 bits per heavy atom. The number of hydrogen-bond acceptors (Lipinski definition) is 13. The average Bonchev–Trinajstić information content (AvgIpc) is 4.01. The number of piperazine rings is 1. The van der Waals surface area contributed by atoms with Crippen LogP contribution < -0.4 is 26.2 Å². The number of fused-ring (bicyclic) bond motifs is 1. The lowest BCUT2D eigenvalue weighted by atomic mass is 9.78. The number of aliphatic hydroxyl groups is 1. The molecule has 1 aliphatic rings. The summed E-state index contributed by atoms with van der Waals surface area (Å²) < 4.78 is 1.93. The number of rotatable bonds is 15. The van der Waals surface area contributed by atoms with Crippen molar-refractivity contribution in [3.8, 4) is 11.3 Å². The van der Waals surface area contributed by atoms with Crippen LogP contribution in [-0.4, -0.2) is 90.5 Å². The molecule has 8 aromatic rings. The standard InChI is InChI=1S/C51H51ClN12O3S/c1-32-25-34(26-40(52)45(32)61-49(67)42-30-54-50(68-42)60-43-28-44(56-33(2)55-43)63-21-19-62(20-22-63)23-24-65)29-51(3,4)37-15-13-35(14-16-37)48(66)58-39-12-8-9-36(27-39)41-31-64-18-17-53-47(64)46(59-41)57-38-10-6-5-7-11-38/h5-18,25-28,30-31,65H,19-24,29H2,1-4H3,(H,57,59)(H,58,66)(H,61,67)(H,54,55,56,60). The zero-order chi connectivity index (χ0) is 47.4. The fraction of sp³-hybridized carbons (Fsp3) is 0.235. The van der Waals surface area contributed by atoms with E-state index in [-0.39, 0.29) is 23.8 Å². The molecule has 9 rings (SSSR count). The highest BCUT2D eigenvalue weighted by atomic mass is 35.5. The van der Waals surface area contributed by atoms with Gasteiger partial charge in [0.15, 0.2) is 16.6 Å². The largest absolute Gasteiger partial charge is 0.395 e. The van der Waals surface area contributed by atoms with Gasteiger partial charge in [-0.2, -0.15) is 0 Å². The van der Waals surface area contributed by atoms with E-state index >= 15 is 0 Å². The molecule has 68 heavy (non-hydrogen) atoms. The average molecular weight is 948 g/mol. The van der Waals surface area contributed by atoms with Crippen molar-refractivity contribution in [1.29, 1.82) is 0 Å². The molecule has 0 aliphatic carbocycles. The molecule has 17 heteroatoms. The third-order valence-corrected chi connectivity index (χ3v) is 13.1. The number of aliphatic hydroxyl groups excluding tert-OH is 1. The molecule has 1 aliphatic heterocycles. The quantitative estimate of drug-likeness (QED) is 0.0659. The normalized spacial score (nSPS) is 13.1. The molecule has 4 aromatic heterocycles. The Morgan fingerprint density at radius 2 is 1.60 bits per heavy atom. The molecule has 346 valence electrons. The van der Waals surface area contributed by atoms with Crippen LogP contribution in [0, 0.1) is 13.8 Å². The molecule has 5 heterocycles. The van der Waals surface area contributed by atoms with E-state index < -0.39 is 0 Å². The second-order valence-corrected chi connectivity index (χ2v) is 18.8. The number of carbonyl (C=O) groups is 2. The molecule has 15 nitrogen and oxygen atoms in total. The summed E-state index contributed by atoms with van der Waals surface area (Å²) >= 11 is 8.09. The van der Waals surface area contributed by atoms with Gasteiger partial charge in [-0.3, -0.25) is 14.5 Å². The predicted molar refractivity (Wildman–Crippen MR) is 271 cm³/mol. The summed E-state index contributed by atoms with van der Waals surface area (Å²) in [7, 11) is 0. The van der Waals surface area contributed by atoms with Crippen molar-refractivity contribution in [2.24, 2.45) is 0 Å². The number of β-amino-alcohol motifs (C(OH)–C–C–N with tert-alkyl or cyclic N) is 1. The van der Waals surface area contributed by atoms with E-state index in [1.54, 1.807) is 6.20 Å². The van der Waals surface area contributed by atoms with Crippen molar-refractivity contribution in [3.05, 3.63) is 160 Å². The molecule has 0 atom stereocenters. The minimum Gasteiger partial charge on any atom is -0.395 e. The molecule has 0 unspecified atom stereocenters. The van der Waals surface area contributed by atoms with Crippen molar-refractivity contribution in [2.45, 2.75) is 39.5 Å². The summed E-state index contributed by atoms with van der Waals surface area (Å²) in [5.41, 5.74) is 7.47. The van der Waals surface area contributed by atoms with E-state index in [4.69, 9.17) is 16.6 Å². The second kappa shape index (κ2) is 19.9. The van der Waals surface area contributed by atoms with Gasteiger partial charge in [0.1, 0.15) is 22.3 Å². The van der Waals surface area contributed by atoms with Crippen LogP contribution in [0.15, 0.2) is 122 Å². The highest BCUT2D eigenvalue weighted by Crippen LogP contribution is 2.35. The third-order valence-electron chi connectivity index (χ3n) is 11.9. The second-order valence-electron chi connectivity index (χ2n) is 17.4. The fourth-order valence-electron chi connectivity index (χ4n) is 8.37. The number of halogens is 1. The van der Waals surface area contributed by atoms with Gasteiger partial charge in [0.25, 0.3) is 11.8 Å². The van der Waals surface area contributed by atoms with Gasteiger partial charge in [-0.25, -0.2) is 24.9 Å². The number of thiazole rings is 1. The molecule has 0 bridgehead atoms. The first-order chi connectivity index (χ1) is 32.9. The molecule has 0 radical (unpaired) electrons. The van der Waals surface area contributed by atoms with E-state index in [2.05, 4.69) is 64.9 Å². The van der Waals surface area contributed by atoms with E-state index in [9.17, 15) is 14.7 Å². The van der Waals surface area contributed by atoms with Gasteiger partial charge >= 0.3 is 0 Å². The molecular weight excluding hydrogens is 896 g/mol. The number of anilines is 7. The Morgan fingerprint density at radius 1 is 0.824 bits per heavy atom. The topological polar surface area (TPSA) is 178 Å². The summed E-state index contributed by atoms with van der Waals surface area (Å²) in [5, 5.41) is 22.9. The van der Waals surface area contributed by atoms with E-state index in [1.807, 2.05) is 128 Å². The van der Waals surface area contributed by atoms with Crippen LogP contribution in [0.3, 0.4) is 0 Å². The highest BCUT2D eigenvalue weighted by Gasteiger charge is 2.24. The lowest BCUT2D eigenvalue weighted by Crippen LogP contribution is -2.47. The van der Waals surface area contributed by atoms with Crippen molar-refractivity contribution in [2.75, 3.05) is 65.5 Å². The van der Waals surface area contributed by atoms with Crippen molar-refractivity contribution >= 4 is 80.0 Å². The van der Waals surface area contributed by atoms with E-state index in [1.165, 1.54) is 17.5 Å². The number of para-hydroxylation sites is 1. The monoisotopic (exact) mass is 946 g/mol. The van der Waals surface area contributed by atoms with Gasteiger partial charge < -0.3 is 35.7 Å². The van der Waals surface area contributed by atoms with Crippen LogP contribution in [0.25, 0.3) is 16.9 Å². The number of aromatic nitrogens is 6. The Labute approximate surface area is 403 Å². The van der Waals surface area contributed by atoms with E-state index in [0.29, 0.717) is 68.0 Å². The first kappa shape index (κ1) is 45.9. The highest BCUT2D eigenvalue weighted by molar-refractivity contribution is 7.17. The Kier molecular flexibility index (Phi) is 13.4. The number of hydrogen-bond donors (Lipinski definition) is 5. The summed E-state index contributed by atoms with van der Waals surface area (Å²) in [4.78, 5) is 54.9. The SMILES string of the molecule is Cc1nc(Nc2ncc(C(=O)Nc3c(C)cc(CC(C)(C)c4ccc(C(=O)Nc5cccc(-c6cn7ccnc7c(Nc7ccccc7)n6)c5)cc4)cc3Cl)s2)cc(N2CCN(CCO)CC2)n1. The Bertz CT molecular complexity index is 3070. The minimum absolute atomic E-state index is 0.149. The first-order valence-electron chi connectivity index (χ1n) is 22.3. The molecule has 1 fully saturated rings. The van der Waals surface area contributed by atoms with Gasteiger partial charge in [0.2, 0.25) is 0 Å². The number of benzene rings is 4. The summed E-state index contributed by atoms with van der Waals surface area (Å²) in [5.74, 6) is 2.11.